The van der Waals surface area contributed by atoms with E-state index in [0.29, 0.717) is 6.42 Å². The van der Waals surface area contributed by atoms with E-state index in [1.54, 1.807) is 0 Å². The molecule has 0 fully saturated rings. The first-order valence-corrected chi connectivity index (χ1v) is 7.24. The van der Waals surface area contributed by atoms with Crippen molar-refractivity contribution in [1.82, 2.24) is 0 Å². The number of hydrogen-bond acceptors (Lipinski definition) is 2. The van der Waals surface area contributed by atoms with Gasteiger partial charge in [-0.15, -0.1) is 0 Å². The van der Waals surface area contributed by atoms with E-state index < -0.39 is 0 Å². The highest BCUT2D eigenvalue weighted by molar-refractivity contribution is 6.12. The molecule has 0 atom stereocenters. The molecule has 1 aliphatic heterocycles. The second-order valence-electron chi connectivity index (χ2n) is 5.33. The smallest absolute Gasteiger partial charge is 0.253 e. The molecule has 0 bridgehead atoms. The summed E-state index contributed by atoms with van der Waals surface area (Å²) in [5, 5.41) is 5.73. The highest BCUT2D eigenvalue weighted by Crippen LogP contribution is 2.21. The molecule has 1 amide bonds. The molecule has 21 heavy (non-hydrogen) atoms. The third-order valence-corrected chi connectivity index (χ3v) is 3.54. The Morgan fingerprint density at radius 3 is 2.57 bits per heavy atom. The molecule has 1 heterocycles. The Labute approximate surface area is 125 Å². The molecule has 1 aliphatic carbocycles. The van der Waals surface area contributed by atoms with E-state index in [1.807, 2.05) is 31.2 Å². The van der Waals surface area contributed by atoms with Gasteiger partial charge in [0.05, 0.1) is 12.1 Å². The Morgan fingerprint density at radius 2 is 1.95 bits per heavy atom. The van der Waals surface area contributed by atoms with Gasteiger partial charge in [0.25, 0.3) is 5.91 Å². The van der Waals surface area contributed by atoms with Gasteiger partial charge in [0.2, 0.25) is 0 Å². The monoisotopic (exact) mass is 278 g/mol. The van der Waals surface area contributed by atoms with Crippen molar-refractivity contribution in [3.05, 3.63) is 59.7 Å². The van der Waals surface area contributed by atoms with Crippen LogP contribution in [0.5, 0.6) is 0 Å². The number of benzene rings is 1. The van der Waals surface area contributed by atoms with E-state index in [-0.39, 0.29) is 5.91 Å². The van der Waals surface area contributed by atoms with E-state index >= 15 is 0 Å². The van der Waals surface area contributed by atoms with Gasteiger partial charge in [0.1, 0.15) is 0 Å². The predicted molar refractivity (Wildman–Crippen MR) is 87.1 cm³/mol. The molecule has 3 heteroatoms. The van der Waals surface area contributed by atoms with Crippen molar-refractivity contribution in [3.8, 4) is 0 Å². The topological polar surface area (TPSA) is 32.7 Å². The number of allylic oxidation sites excluding steroid dienone is 5. The summed E-state index contributed by atoms with van der Waals surface area (Å²) < 4.78 is 0. The van der Waals surface area contributed by atoms with Gasteiger partial charge in [-0.3, -0.25) is 4.79 Å². The van der Waals surface area contributed by atoms with E-state index in [4.69, 9.17) is 0 Å². The minimum absolute atomic E-state index is 0.0355. The summed E-state index contributed by atoms with van der Waals surface area (Å²) in [4.78, 5) is 11.8. The fraction of sp³-hybridized carbons (Fsp3) is 0.222. The number of anilines is 1. The number of nitrogens with zero attached hydrogens (tertiary/aromatic N) is 2. The van der Waals surface area contributed by atoms with Gasteiger partial charge < -0.3 is 0 Å². The van der Waals surface area contributed by atoms with Crippen molar-refractivity contribution < 1.29 is 4.79 Å². The van der Waals surface area contributed by atoms with Crippen LogP contribution in [0.15, 0.2) is 59.2 Å². The van der Waals surface area contributed by atoms with Crippen LogP contribution >= 0.6 is 0 Å². The van der Waals surface area contributed by atoms with E-state index in [0.717, 1.165) is 29.8 Å². The zero-order valence-electron chi connectivity index (χ0n) is 12.1. The van der Waals surface area contributed by atoms with Crippen LogP contribution < -0.4 is 5.01 Å². The maximum atomic E-state index is 11.8. The van der Waals surface area contributed by atoms with Crippen LogP contribution in [-0.2, 0) is 4.79 Å². The molecule has 0 unspecified atom stereocenters. The number of hydrazone groups is 1. The minimum atomic E-state index is 0.0355. The van der Waals surface area contributed by atoms with Crippen LogP contribution in [0.1, 0.15) is 31.7 Å². The number of amides is 1. The molecule has 3 nitrogen and oxygen atoms in total. The van der Waals surface area contributed by atoms with Crippen molar-refractivity contribution >= 4 is 23.4 Å². The van der Waals surface area contributed by atoms with Crippen molar-refractivity contribution in [2.45, 2.75) is 26.2 Å². The number of carbonyl (C=O) groups is 1. The van der Waals surface area contributed by atoms with Crippen LogP contribution in [0.2, 0.25) is 0 Å². The molecule has 106 valence electrons. The minimum Gasteiger partial charge on any atom is -0.272 e. The Kier molecular flexibility index (Phi) is 3.82. The maximum Gasteiger partial charge on any atom is 0.253 e. The highest BCUT2D eigenvalue weighted by atomic mass is 16.2. The average Bonchev–Trinajstić information content (AvgIpc) is 2.85. The summed E-state index contributed by atoms with van der Waals surface area (Å²) >= 11 is 0. The third-order valence-electron chi connectivity index (χ3n) is 3.54. The molecule has 0 N–H and O–H groups in total. The first-order valence-electron chi connectivity index (χ1n) is 7.24. The summed E-state index contributed by atoms with van der Waals surface area (Å²) in [5.74, 6) is 0.0355. The molecule has 0 spiro atoms. The molecule has 3 rings (SSSR count). The van der Waals surface area contributed by atoms with E-state index in [9.17, 15) is 4.79 Å². The van der Waals surface area contributed by atoms with Crippen LogP contribution in [0.25, 0.3) is 6.08 Å². The molecule has 0 aromatic heterocycles. The van der Waals surface area contributed by atoms with Gasteiger partial charge in [0.15, 0.2) is 0 Å². The first-order chi connectivity index (χ1) is 10.2. The lowest BCUT2D eigenvalue weighted by molar-refractivity contribution is -0.116. The van der Waals surface area contributed by atoms with Gasteiger partial charge in [-0.1, -0.05) is 42.5 Å². The van der Waals surface area contributed by atoms with Crippen LogP contribution in [0.4, 0.5) is 5.69 Å². The summed E-state index contributed by atoms with van der Waals surface area (Å²) in [6, 6.07) is 7.89. The standard InChI is InChI=1S/C18H18N2O/c1-14-13-18(21)20(19-14)17-11-9-16(10-12-17)8-7-15-5-3-2-4-6-15/h3,5-12H,2,4,13H2,1H3. The highest BCUT2D eigenvalue weighted by Gasteiger charge is 2.22. The van der Waals surface area contributed by atoms with Gasteiger partial charge >= 0.3 is 0 Å². The molecule has 1 aromatic carbocycles. The first kappa shape index (κ1) is 13.6. The quantitative estimate of drug-likeness (QED) is 0.819. The zero-order valence-corrected chi connectivity index (χ0v) is 12.1. The lowest BCUT2D eigenvalue weighted by Crippen LogP contribution is -2.19. The largest absolute Gasteiger partial charge is 0.272 e. The van der Waals surface area contributed by atoms with Gasteiger partial charge in [-0.05, 0) is 43.0 Å². The van der Waals surface area contributed by atoms with Crippen molar-refractivity contribution in [3.63, 3.8) is 0 Å². The van der Waals surface area contributed by atoms with Crippen LogP contribution in [-0.4, -0.2) is 11.6 Å². The maximum absolute atomic E-state index is 11.8. The molecular weight excluding hydrogens is 260 g/mol. The molecule has 0 radical (unpaired) electrons. The molecule has 0 saturated carbocycles. The van der Waals surface area contributed by atoms with Gasteiger partial charge in [0, 0.05) is 5.71 Å². The second kappa shape index (κ2) is 5.92. The summed E-state index contributed by atoms with van der Waals surface area (Å²) in [6.07, 6.45) is 13.5. The Hall–Kier alpha value is -2.42. The summed E-state index contributed by atoms with van der Waals surface area (Å²) in [6.45, 7) is 1.88. The van der Waals surface area contributed by atoms with Crippen molar-refractivity contribution in [2.24, 2.45) is 5.10 Å². The summed E-state index contributed by atoms with van der Waals surface area (Å²) in [5.41, 5.74) is 4.05. The lowest BCUT2D eigenvalue weighted by Gasteiger charge is -2.11. The fourth-order valence-electron chi connectivity index (χ4n) is 2.43. The van der Waals surface area contributed by atoms with Crippen molar-refractivity contribution in [2.75, 3.05) is 5.01 Å². The molecule has 1 aromatic rings. The SMILES string of the molecule is CC1=NN(c2ccc(C=CC3=CCCC=C3)cc2)C(=O)C1. The van der Waals surface area contributed by atoms with Crippen LogP contribution in [0.3, 0.4) is 0 Å². The number of hydrogen-bond donors (Lipinski definition) is 0. The summed E-state index contributed by atoms with van der Waals surface area (Å²) in [7, 11) is 0. The third kappa shape index (κ3) is 3.19. The fourth-order valence-corrected chi connectivity index (χ4v) is 2.43. The van der Waals surface area contributed by atoms with Gasteiger partial charge in [-0.25, -0.2) is 5.01 Å². The van der Waals surface area contributed by atoms with E-state index in [1.165, 1.54) is 10.6 Å². The second-order valence-corrected chi connectivity index (χ2v) is 5.33. The average molecular weight is 278 g/mol. The lowest BCUT2D eigenvalue weighted by atomic mass is 10.1. The Bertz CT molecular complexity index is 663. The Morgan fingerprint density at radius 1 is 1.14 bits per heavy atom. The molecular formula is C18H18N2O. The van der Waals surface area contributed by atoms with Crippen molar-refractivity contribution in [1.29, 1.82) is 0 Å². The number of rotatable bonds is 3. The zero-order chi connectivity index (χ0) is 14.7. The van der Waals surface area contributed by atoms with Crippen LogP contribution in [0, 0.1) is 0 Å². The van der Waals surface area contributed by atoms with E-state index in [2.05, 4.69) is 35.5 Å². The normalized spacial score (nSPS) is 18.3. The molecule has 2 aliphatic rings. The van der Waals surface area contributed by atoms with Gasteiger partial charge in [-0.2, -0.15) is 5.10 Å². The predicted octanol–water partition coefficient (Wildman–Crippen LogP) is 4.09. The number of carbonyl (C=O) groups excluding carboxylic acids is 1. The Balaban J connectivity index is 1.72. The molecule has 0 saturated heterocycles.